The molecule has 0 aromatic heterocycles. The van der Waals surface area contributed by atoms with Gasteiger partial charge in [0.05, 0.1) is 0 Å². The highest BCUT2D eigenvalue weighted by molar-refractivity contribution is 7.93. The van der Waals surface area contributed by atoms with Crippen molar-refractivity contribution in [3.05, 3.63) is 89.0 Å². The van der Waals surface area contributed by atoms with Crippen LogP contribution < -0.4 is 26.6 Å². The van der Waals surface area contributed by atoms with Crippen molar-refractivity contribution in [2.24, 2.45) is 0 Å². The van der Waals surface area contributed by atoms with Gasteiger partial charge in [-0.15, -0.1) is 0 Å². The zero-order valence-electron chi connectivity index (χ0n) is 21.1. The van der Waals surface area contributed by atoms with E-state index in [1.54, 1.807) is 75.4 Å². The first-order valence-corrected chi connectivity index (χ1v) is 13.6. The fraction of sp³-hybridized carbons (Fsp3) is 0.250. The molecule has 3 aromatic carbocycles. The molecule has 0 radical (unpaired) electrons. The van der Waals surface area contributed by atoms with Crippen molar-refractivity contribution in [2.75, 3.05) is 25.0 Å². The fourth-order valence-electron chi connectivity index (χ4n) is 4.22. The lowest BCUT2D eigenvalue weighted by atomic mass is 9.98. The maximum absolute atomic E-state index is 14.6. The van der Waals surface area contributed by atoms with Crippen LogP contribution >= 0.6 is 7.14 Å². The zero-order chi connectivity index (χ0) is 26.3. The Morgan fingerprint density at radius 2 is 1.33 bits per heavy atom. The molecule has 3 N–H and O–H groups in total. The van der Waals surface area contributed by atoms with Crippen LogP contribution in [0, 0.1) is 20.8 Å². The number of likely N-dealkylation sites (N-methyl/N-ethyl adjacent to an activating group) is 1. The molecule has 0 unspecified atom stereocenters. The summed E-state index contributed by atoms with van der Waals surface area (Å²) in [6.45, 7) is 8.85. The Morgan fingerprint density at radius 1 is 0.778 bits per heavy atom. The number of anilines is 1. The van der Waals surface area contributed by atoms with Crippen LogP contribution in [0.3, 0.4) is 0 Å². The third kappa shape index (κ3) is 5.64. The minimum Gasteiger partial charge on any atom is -0.347 e. The molecule has 0 aliphatic heterocycles. The van der Waals surface area contributed by atoms with Crippen molar-refractivity contribution in [1.29, 1.82) is 0 Å². The lowest BCUT2D eigenvalue weighted by molar-refractivity contribution is -0.136. The Labute approximate surface area is 212 Å². The SMILES string of the molecule is CCNCCNC(=O)C(=O)Nc1c(C)cc(C)c(C(=O)P(=O)(c2ccccc2)c2ccccc2)c1C. The predicted octanol–water partition coefficient (Wildman–Crippen LogP) is 3.43. The molecule has 0 atom stereocenters. The smallest absolute Gasteiger partial charge is 0.313 e. The van der Waals surface area contributed by atoms with Crippen LogP contribution in [0.4, 0.5) is 5.69 Å². The number of hydrogen-bond acceptors (Lipinski definition) is 5. The summed E-state index contributed by atoms with van der Waals surface area (Å²) < 4.78 is 14.6. The number of rotatable bonds is 9. The van der Waals surface area contributed by atoms with Gasteiger partial charge in [-0.2, -0.15) is 0 Å². The molecule has 2 amide bonds. The summed E-state index contributed by atoms with van der Waals surface area (Å²) in [5.74, 6) is -1.59. The first-order chi connectivity index (χ1) is 17.2. The minimum atomic E-state index is -3.74. The Kier molecular flexibility index (Phi) is 8.97. The van der Waals surface area contributed by atoms with E-state index in [2.05, 4.69) is 16.0 Å². The van der Waals surface area contributed by atoms with E-state index in [0.717, 1.165) is 6.54 Å². The second-order valence-electron chi connectivity index (χ2n) is 8.53. The van der Waals surface area contributed by atoms with Crippen molar-refractivity contribution in [3.63, 3.8) is 0 Å². The van der Waals surface area contributed by atoms with Gasteiger partial charge in [-0.1, -0.05) is 73.7 Å². The zero-order valence-corrected chi connectivity index (χ0v) is 21.9. The Morgan fingerprint density at radius 3 is 1.86 bits per heavy atom. The number of hydrogen-bond donors (Lipinski definition) is 3. The molecule has 7 nitrogen and oxygen atoms in total. The summed E-state index contributed by atoms with van der Waals surface area (Å²) in [5.41, 5.74) is 1.95. The van der Waals surface area contributed by atoms with Crippen LogP contribution in [0.5, 0.6) is 0 Å². The summed E-state index contributed by atoms with van der Waals surface area (Å²) in [6, 6.07) is 19.2. The molecule has 3 aromatic rings. The highest BCUT2D eigenvalue weighted by atomic mass is 31.2. The number of amides is 2. The molecule has 0 aliphatic carbocycles. The van der Waals surface area contributed by atoms with E-state index in [1.165, 1.54) is 0 Å². The van der Waals surface area contributed by atoms with E-state index < -0.39 is 24.5 Å². The van der Waals surface area contributed by atoms with E-state index in [0.29, 0.717) is 46.1 Å². The number of carbonyl (C=O) groups is 3. The van der Waals surface area contributed by atoms with Crippen LogP contribution in [-0.4, -0.2) is 37.0 Å². The first-order valence-electron chi connectivity index (χ1n) is 11.9. The average Bonchev–Trinajstić information content (AvgIpc) is 2.89. The molecule has 0 spiro atoms. The maximum Gasteiger partial charge on any atom is 0.313 e. The second kappa shape index (κ2) is 11.9. The highest BCUT2D eigenvalue weighted by Gasteiger charge is 2.38. The molecule has 0 saturated carbocycles. The minimum absolute atomic E-state index is 0.277. The molecule has 0 aliphatic rings. The van der Waals surface area contributed by atoms with Gasteiger partial charge < -0.3 is 20.5 Å². The third-order valence-corrected chi connectivity index (χ3v) is 8.84. The maximum atomic E-state index is 14.6. The van der Waals surface area contributed by atoms with Gasteiger partial charge in [0.1, 0.15) is 0 Å². The van der Waals surface area contributed by atoms with Crippen molar-refractivity contribution in [1.82, 2.24) is 10.6 Å². The topological polar surface area (TPSA) is 104 Å². The Hall–Kier alpha value is -3.54. The van der Waals surface area contributed by atoms with E-state index in [4.69, 9.17) is 0 Å². The van der Waals surface area contributed by atoms with Crippen LogP contribution in [0.2, 0.25) is 0 Å². The summed E-state index contributed by atoms with van der Waals surface area (Å²) in [7, 11) is -3.74. The largest absolute Gasteiger partial charge is 0.347 e. The molecule has 0 bridgehead atoms. The number of nitrogens with one attached hydrogen (secondary N) is 3. The van der Waals surface area contributed by atoms with Crippen molar-refractivity contribution < 1.29 is 18.9 Å². The third-order valence-electron chi connectivity index (χ3n) is 5.99. The van der Waals surface area contributed by atoms with Gasteiger partial charge in [-0.3, -0.25) is 14.4 Å². The van der Waals surface area contributed by atoms with Gasteiger partial charge in [0.25, 0.3) is 0 Å². The Balaban J connectivity index is 2.03. The number of carbonyl (C=O) groups excluding carboxylic acids is 3. The molecule has 188 valence electrons. The number of aryl methyl sites for hydroxylation is 2. The van der Waals surface area contributed by atoms with Crippen molar-refractivity contribution in [2.45, 2.75) is 27.7 Å². The number of benzene rings is 3. The predicted molar refractivity (Wildman–Crippen MR) is 145 cm³/mol. The second-order valence-corrected chi connectivity index (χ2v) is 11.2. The normalized spacial score (nSPS) is 11.1. The van der Waals surface area contributed by atoms with Gasteiger partial charge in [0.2, 0.25) is 12.7 Å². The molecule has 36 heavy (non-hydrogen) atoms. The van der Waals surface area contributed by atoms with Crippen molar-refractivity contribution >= 4 is 40.8 Å². The highest BCUT2D eigenvalue weighted by Crippen LogP contribution is 2.48. The van der Waals surface area contributed by atoms with Crippen LogP contribution in [-0.2, 0) is 14.2 Å². The fourth-order valence-corrected chi connectivity index (χ4v) is 6.83. The molecule has 0 fully saturated rings. The first kappa shape index (κ1) is 27.1. The van der Waals surface area contributed by atoms with Gasteiger partial charge in [0, 0.05) is 34.9 Å². The van der Waals surface area contributed by atoms with E-state index in [-0.39, 0.29) is 5.56 Å². The van der Waals surface area contributed by atoms with Crippen LogP contribution in [0.1, 0.15) is 34.0 Å². The molecule has 0 saturated heterocycles. The molecular formula is C28H32N3O4P. The molecular weight excluding hydrogens is 473 g/mol. The van der Waals surface area contributed by atoms with Crippen LogP contribution in [0.15, 0.2) is 66.7 Å². The molecule has 3 rings (SSSR count). The Bertz CT molecular complexity index is 1260. The van der Waals surface area contributed by atoms with Gasteiger partial charge in [0.15, 0.2) is 0 Å². The standard InChI is InChI=1S/C28H32N3O4P/c1-5-29-16-17-30-26(32)27(33)31-25-20(3)18-19(2)24(21(25)4)28(34)36(35,22-12-8-6-9-13-22)23-14-10-7-11-15-23/h6-15,18,29H,5,16-17H2,1-4H3,(H,30,32)(H,31,33). The van der Waals surface area contributed by atoms with Gasteiger partial charge in [-0.25, -0.2) is 0 Å². The molecule has 8 heteroatoms. The van der Waals surface area contributed by atoms with E-state index in [1.807, 2.05) is 19.1 Å². The summed E-state index contributed by atoms with van der Waals surface area (Å²) in [4.78, 5) is 39.0. The van der Waals surface area contributed by atoms with E-state index >= 15 is 0 Å². The average molecular weight is 506 g/mol. The lowest BCUT2D eigenvalue weighted by Gasteiger charge is -2.22. The summed E-state index contributed by atoms with van der Waals surface area (Å²) in [6.07, 6.45) is 0. The van der Waals surface area contributed by atoms with Gasteiger partial charge >= 0.3 is 11.8 Å². The summed E-state index contributed by atoms with van der Waals surface area (Å²) >= 11 is 0. The molecule has 0 heterocycles. The summed E-state index contributed by atoms with van der Waals surface area (Å²) in [5, 5.41) is 9.17. The monoisotopic (exact) mass is 505 g/mol. The van der Waals surface area contributed by atoms with Crippen molar-refractivity contribution in [3.8, 4) is 0 Å². The van der Waals surface area contributed by atoms with Crippen LogP contribution in [0.25, 0.3) is 0 Å². The quantitative estimate of drug-likeness (QED) is 0.235. The van der Waals surface area contributed by atoms with E-state index in [9.17, 15) is 18.9 Å². The lowest BCUT2D eigenvalue weighted by Crippen LogP contribution is -2.39. The van der Waals surface area contributed by atoms with Gasteiger partial charge in [-0.05, 0) is 44.0 Å².